The molecule has 16 heavy (non-hydrogen) atoms. The molecule has 0 atom stereocenters. The van der Waals surface area contributed by atoms with Gasteiger partial charge in [-0.25, -0.2) is 4.98 Å². The van der Waals surface area contributed by atoms with Crippen LogP contribution in [0.2, 0.25) is 0 Å². The Morgan fingerprint density at radius 1 is 1.44 bits per heavy atom. The summed E-state index contributed by atoms with van der Waals surface area (Å²) in [6, 6.07) is 5.85. The van der Waals surface area contributed by atoms with Gasteiger partial charge >= 0.3 is 0 Å². The van der Waals surface area contributed by atoms with Crippen molar-refractivity contribution in [1.82, 2.24) is 4.98 Å². The molecule has 0 amide bonds. The van der Waals surface area contributed by atoms with Gasteiger partial charge in [-0.15, -0.1) is 11.3 Å². The third-order valence-corrected chi connectivity index (χ3v) is 3.47. The van der Waals surface area contributed by atoms with E-state index in [2.05, 4.69) is 20.9 Å². The quantitative estimate of drug-likeness (QED) is 0.944. The maximum atomic E-state index is 5.72. The van der Waals surface area contributed by atoms with Gasteiger partial charge in [0.2, 0.25) is 0 Å². The van der Waals surface area contributed by atoms with Crippen LogP contribution in [0.5, 0.6) is 5.75 Å². The highest BCUT2D eigenvalue weighted by molar-refractivity contribution is 9.10. The fraction of sp³-hybridized carbons (Fsp3) is 0.182. The van der Waals surface area contributed by atoms with Gasteiger partial charge in [-0.1, -0.05) is 12.1 Å². The summed E-state index contributed by atoms with van der Waals surface area (Å²) >= 11 is 5.03. The van der Waals surface area contributed by atoms with E-state index in [4.69, 9.17) is 10.5 Å². The van der Waals surface area contributed by atoms with Crippen LogP contribution in [0.3, 0.4) is 0 Å². The molecule has 3 nitrogen and oxygen atoms in total. The first kappa shape index (κ1) is 11.6. The van der Waals surface area contributed by atoms with Crippen molar-refractivity contribution in [2.75, 3.05) is 0 Å². The minimum absolute atomic E-state index is 0.465. The molecule has 2 N–H and O–H groups in total. The number of nitrogens with two attached hydrogens (primary N) is 1. The Labute approximate surface area is 106 Å². The Kier molecular flexibility index (Phi) is 3.93. The maximum absolute atomic E-state index is 5.72. The Morgan fingerprint density at radius 2 is 2.31 bits per heavy atom. The summed E-state index contributed by atoms with van der Waals surface area (Å²) in [5, 5.41) is 2.89. The lowest BCUT2D eigenvalue weighted by Gasteiger charge is -2.10. The molecular weight excluding hydrogens is 288 g/mol. The topological polar surface area (TPSA) is 48.1 Å². The van der Waals surface area contributed by atoms with Crippen molar-refractivity contribution < 1.29 is 4.74 Å². The predicted octanol–water partition coefficient (Wildman–Crippen LogP) is 2.94. The minimum Gasteiger partial charge on any atom is -0.485 e. The summed E-state index contributed by atoms with van der Waals surface area (Å²) in [6.07, 6.45) is 1.77. The number of hydrogen-bond donors (Lipinski definition) is 1. The lowest BCUT2D eigenvalue weighted by molar-refractivity contribution is 0.300. The largest absolute Gasteiger partial charge is 0.485 e. The summed E-state index contributed by atoms with van der Waals surface area (Å²) in [6.45, 7) is 0.944. The smallest absolute Gasteiger partial charge is 0.140 e. The summed E-state index contributed by atoms with van der Waals surface area (Å²) < 4.78 is 6.65. The van der Waals surface area contributed by atoms with Crippen molar-refractivity contribution in [2.45, 2.75) is 13.2 Å². The lowest BCUT2D eigenvalue weighted by Crippen LogP contribution is -2.03. The maximum Gasteiger partial charge on any atom is 0.140 e. The standard InChI is InChI=1S/C11H11BrN2OS/c12-9-3-1-2-8(6-13)11(9)15-7-10-14-4-5-16-10/h1-5H,6-7,13H2. The van der Waals surface area contributed by atoms with E-state index in [9.17, 15) is 0 Å². The SMILES string of the molecule is NCc1cccc(Br)c1OCc1nccs1. The first-order chi connectivity index (χ1) is 7.81. The van der Waals surface area contributed by atoms with Crippen LogP contribution in [-0.2, 0) is 13.2 Å². The highest BCUT2D eigenvalue weighted by Gasteiger charge is 2.07. The van der Waals surface area contributed by atoms with Crippen molar-refractivity contribution in [3.63, 3.8) is 0 Å². The highest BCUT2D eigenvalue weighted by atomic mass is 79.9. The van der Waals surface area contributed by atoms with Crippen LogP contribution in [0.25, 0.3) is 0 Å². The van der Waals surface area contributed by atoms with E-state index in [1.807, 2.05) is 23.6 Å². The molecule has 1 heterocycles. The number of hydrogen-bond acceptors (Lipinski definition) is 4. The van der Waals surface area contributed by atoms with Crippen molar-refractivity contribution in [2.24, 2.45) is 5.73 Å². The van der Waals surface area contributed by atoms with E-state index >= 15 is 0 Å². The van der Waals surface area contributed by atoms with E-state index in [1.54, 1.807) is 17.5 Å². The average Bonchev–Trinajstić information content (AvgIpc) is 2.80. The van der Waals surface area contributed by atoms with Crippen LogP contribution in [0.1, 0.15) is 10.6 Å². The molecule has 0 aliphatic carbocycles. The number of halogens is 1. The third kappa shape index (κ3) is 2.61. The number of thiazole rings is 1. The van der Waals surface area contributed by atoms with E-state index in [0.29, 0.717) is 13.2 Å². The second-order valence-electron chi connectivity index (χ2n) is 3.15. The molecule has 0 unspecified atom stereocenters. The molecule has 0 spiro atoms. The number of rotatable bonds is 4. The van der Waals surface area contributed by atoms with Crippen LogP contribution in [-0.4, -0.2) is 4.98 Å². The number of nitrogens with zero attached hydrogens (tertiary/aromatic N) is 1. The van der Waals surface area contributed by atoms with Gasteiger partial charge in [0.1, 0.15) is 17.4 Å². The Balaban J connectivity index is 2.14. The molecule has 5 heteroatoms. The van der Waals surface area contributed by atoms with Gasteiger partial charge in [-0.3, -0.25) is 0 Å². The Hall–Kier alpha value is -0.910. The van der Waals surface area contributed by atoms with Gasteiger partial charge < -0.3 is 10.5 Å². The molecular formula is C11H11BrN2OS. The first-order valence-corrected chi connectivity index (χ1v) is 6.47. The zero-order valence-electron chi connectivity index (χ0n) is 8.52. The molecule has 0 fully saturated rings. The number of para-hydroxylation sites is 1. The molecule has 2 rings (SSSR count). The monoisotopic (exact) mass is 298 g/mol. The van der Waals surface area contributed by atoms with E-state index in [1.165, 1.54) is 0 Å². The molecule has 1 aromatic carbocycles. The second-order valence-corrected chi connectivity index (χ2v) is 4.98. The molecule has 84 valence electrons. The summed E-state index contributed by atoms with van der Waals surface area (Å²) in [7, 11) is 0. The van der Waals surface area contributed by atoms with Crippen LogP contribution in [0.4, 0.5) is 0 Å². The Bertz CT molecular complexity index is 459. The van der Waals surface area contributed by atoms with Crippen molar-refractivity contribution in [3.05, 3.63) is 44.8 Å². The first-order valence-electron chi connectivity index (χ1n) is 4.80. The molecule has 0 bridgehead atoms. The molecule has 0 radical (unpaired) electrons. The molecule has 0 aliphatic heterocycles. The Morgan fingerprint density at radius 3 is 3.00 bits per heavy atom. The predicted molar refractivity (Wildman–Crippen MR) is 68.5 cm³/mol. The summed E-state index contributed by atoms with van der Waals surface area (Å²) in [5.74, 6) is 0.806. The highest BCUT2D eigenvalue weighted by Crippen LogP contribution is 2.29. The summed E-state index contributed by atoms with van der Waals surface area (Å²) in [5.41, 5.74) is 6.65. The van der Waals surface area contributed by atoms with Crippen LogP contribution < -0.4 is 10.5 Å². The number of benzene rings is 1. The van der Waals surface area contributed by atoms with E-state index in [0.717, 1.165) is 20.8 Å². The van der Waals surface area contributed by atoms with Gasteiger partial charge in [0, 0.05) is 23.7 Å². The van der Waals surface area contributed by atoms with Crippen molar-refractivity contribution >= 4 is 27.3 Å². The van der Waals surface area contributed by atoms with Crippen LogP contribution in [0, 0.1) is 0 Å². The van der Waals surface area contributed by atoms with Crippen molar-refractivity contribution in [3.8, 4) is 5.75 Å². The van der Waals surface area contributed by atoms with Gasteiger partial charge in [0.25, 0.3) is 0 Å². The molecule has 1 aromatic heterocycles. The van der Waals surface area contributed by atoms with Gasteiger partial charge in [0.15, 0.2) is 0 Å². The minimum atomic E-state index is 0.465. The lowest BCUT2D eigenvalue weighted by atomic mass is 10.2. The zero-order valence-corrected chi connectivity index (χ0v) is 10.9. The van der Waals surface area contributed by atoms with Crippen LogP contribution >= 0.6 is 27.3 Å². The van der Waals surface area contributed by atoms with Gasteiger partial charge in [-0.05, 0) is 22.0 Å². The third-order valence-electron chi connectivity index (χ3n) is 2.09. The summed E-state index contributed by atoms with van der Waals surface area (Å²) in [4.78, 5) is 4.16. The zero-order chi connectivity index (χ0) is 11.4. The molecule has 0 saturated carbocycles. The van der Waals surface area contributed by atoms with E-state index in [-0.39, 0.29) is 0 Å². The van der Waals surface area contributed by atoms with Crippen molar-refractivity contribution in [1.29, 1.82) is 0 Å². The molecule has 0 saturated heterocycles. The average molecular weight is 299 g/mol. The van der Waals surface area contributed by atoms with Crippen LogP contribution in [0.15, 0.2) is 34.2 Å². The molecule has 0 aliphatic rings. The fourth-order valence-corrected chi connectivity index (χ4v) is 2.38. The number of aromatic nitrogens is 1. The normalized spacial score (nSPS) is 10.4. The van der Waals surface area contributed by atoms with Gasteiger partial charge in [0.05, 0.1) is 4.47 Å². The number of ether oxygens (including phenoxy) is 1. The van der Waals surface area contributed by atoms with E-state index < -0.39 is 0 Å². The van der Waals surface area contributed by atoms with Gasteiger partial charge in [-0.2, -0.15) is 0 Å². The fourth-order valence-electron chi connectivity index (χ4n) is 1.33. The second kappa shape index (κ2) is 5.43. The molecule has 2 aromatic rings.